The first-order valence-corrected chi connectivity index (χ1v) is 10.2. The summed E-state index contributed by atoms with van der Waals surface area (Å²) < 4.78 is 1.56. The van der Waals surface area contributed by atoms with E-state index < -0.39 is 0 Å². The van der Waals surface area contributed by atoms with Gasteiger partial charge in [0.25, 0.3) is 0 Å². The number of para-hydroxylation sites is 1. The summed E-state index contributed by atoms with van der Waals surface area (Å²) in [4.78, 5) is 29.9. The van der Waals surface area contributed by atoms with E-state index in [1.807, 2.05) is 41.8 Å². The highest BCUT2D eigenvalue weighted by atomic mass is 32.1. The molecule has 0 spiro atoms. The van der Waals surface area contributed by atoms with Crippen LogP contribution < -0.4 is 10.6 Å². The number of thiophene rings is 1. The number of rotatable bonds is 6. The molecule has 10 heteroatoms. The van der Waals surface area contributed by atoms with Crippen molar-refractivity contribution in [2.45, 2.75) is 20.0 Å². The van der Waals surface area contributed by atoms with Crippen molar-refractivity contribution in [1.29, 1.82) is 0 Å². The van der Waals surface area contributed by atoms with Crippen LogP contribution in [0, 0.1) is 0 Å². The summed E-state index contributed by atoms with van der Waals surface area (Å²) in [5, 5.41) is 16.1. The predicted octanol–water partition coefficient (Wildman–Crippen LogP) is 2.89. The Morgan fingerprint density at radius 2 is 2.04 bits per heavy atom. The SMILES string of the molecule is CC(=O)NCc1ccc(-c2csc(NC(=O)Cn3nnc4ccccc43)n2)s1. The van der Waals surface area contributed by atoms with E-state index in [9.17, 15) is 9.59 Å². The van der Waals surface area contributed by atoms with E-state index in [0.717, 1.165) is 26.5 Å². The molecule has 0 saturated carbocycles. The van der Waals surface area contributed by atoms with Gasteiger partial charge < -0.3 is 10.6 Å². The van der Waals surface area contributed by atoms with Crippen LogP contribution in [-0.4, -0.2) is 31.8 Å². The standard InChI is InChI=1S/C18H16N6O2S2/c1-11(25)19-8-12-6-7-16(28-12)14-10-27-18(20-14)21-17(26)9-24-15-5-3-2-4-13(15)22-23-24/h2-7,10H,8-9H2,1H3,(H,19,25)(H,20,21,26). The van der Waals surface area contributed by atoms with Crippen LogP contribution >= 0.6 is 22.7 Å². The van der Waals surface area contributed by atoms with E-state index in [-0.39, 0.29) is 18.4 Å². The van der Waals surface area contributed by atoms with Crippen LogP contribution in [0.2, 0.25) is 0 Å². The first-order valence-electron chi connectivity index (χ1n) is 8.45. The van der Waals surface area contributed by atoms with Gasteiger partial charge in [-0.25, -0.2) is 9.67 Å². The van der Waals surface area contributed by atoms with E-state index in [1.54, 1.807) is 16.0 Å². The predicted molar refractivity (Wildman–Crippen MR) is 109 cm³/mol. The second-order valence-electron chi connectivity index (χ2n) is 6.00. The number of benzene rings is 1. The maximum absolute atomic E-state index is 12.4. The van der Waals surface area contributed by atoms with Crippen molar-refractivity contribution in [3.05, 3.63) is 46.7 Å². The molecule has 3 heterocycles. The van der Waals surface area contributed by atoms with Crippen molar-refractivity contribution in [3.63, 3.8) is 0 Å². The van der Waals surface area contributed by atoms with E-state index in [2.05, 4.69) is 25.9 Å². The summed E-state index contributed by atoms with van der Waals surface area (Å²) in [6.45, 7) is 2.06. The van der Waals surface area contributed by atoms with Crippen LogP contribution in [0.5, 0.6) is 0 Å². The number of nitrogens with one attached hydrogen (secondary N) is 2. The Kier molecular flexibility index (Phi) is 5.13. The average molecular weight is 413 g/mol. The third kappa shape index (κ3) is 4.07. The number of hydrogen-bond donors (Lipinski definition) is 2. The van der Waals surface area contributed by atoms with Gasteiger partial charge in [-0.2, -0.15) is 0 Å². The van der Waals surface area contributed by atoms with Crippen molar-refractivity contribution < 1.29 is 9.59 Å². The van der Waals surface area contributed by atoms with Crippen molar-refractivity contribution in [1.82, 2.24) is 25.3 Å². The molecule has 4 rings (SSSR count). The number of amides is 2. The van der Waals surface area contributed by atoms with Gasteiger partial charge in [-0.3, -0.25) is 9.59 Å². The molecule has 0 aliphatic carbocycles. The van der Waals surface area contributed by atoms with E-state index >= 15 is 0 Å². The summed E-state index contributed by atoms with van der Waals surface area (Å²) in [7, 11) is 0. The smallest absolute Gasteiger partial charge is 0.247 e. The minimum atomic E-state index is -0.214. The van der Waals surface area contributed by atoms with E-state index in [0.29, 0.717) is 11.7 Å². The minimum absolute atomic E-state index is 0.0613. The fraction of sp³-hybridized carbons (Fsp3) is 0.167. The number of anilines is 1. The zero-order valence-electron chi connectivity index (χ0n) is 14.9. The first kappa shape index (κ1) is 18.3. The van der Waals surface area contributed by atoms with Gasteiger partial charge in [0, 0.05) is 17.2 Å². The number of hydrogen-bond acceptors (Lipinski definition) is 7. The second kappa shape index (κ2) is 7.87. The lowest BCUT2D eigenvalue weighted by atomic mass is 10.3. The number of nitrogens with zero attached hydrogens (tertiary/aromatic N) is 4. The lowest BCUT2D eigenvalue weighted by Gasteiger charge is -2.02. The third-order valence-electron chi connectivity index (χ3n) is 3.89. The monoisotopic (exact) mass is 412 g/mol. The summed E-state index contributed by atoms with van der Waals surface area (Å²) in [5.41, 5.74) is 2.35. The molecule has 142 valence electrons. The van der Waals surface area contributed by atoms with Crippen molar-refractivity contribution in [3.8, 4) is 10.6 Å². The molecule has 3 aromatic heterocycles. The van der Waals surface area contributed by atoms with Gasteiger partial charge in [0.2, 0.25) is 11.8 Å². The summed E-state index contributed by atoms with van der Waals surface area (Å²) in [5.74, 6) is -0.275. The van der Waals surface area contributed by atoms with Gasteiger partial charge in [-0.15, -0.1) is 27.8 Å². The van der Waals surface area contributed by atoms with Crippen LogP contribution in [0.25, 0.3) is 21.6 Å². The quantitative estimate of drug-likeness (QED) is 0.507. The van der Waals surface area contributed by atoms with Gasteiger partial charge in [-0.1, -0.05) is 17.3 Å². The molecular formula is C18H16N6O2S2. The Balaban J connectivity index is 1.40. The summed E-state index contributed by atoms with van der Waals surface area (Å²) in [6.07, 6.45) is 0. The highest BCUT2D eigenvalue weighted by Crippen LogP contribution is 2.30. The molecule has 0 atom stereocenters. The zero-order valence-corrected chi connectivity index (χ0v) is 16.5. The fourth-order valence-corrected chi connectivity index (χ4v) is 4.30. The fourth-order valence-electron chi connectivity index (χ4n) is 2.60. The molecule has 0 unspecified atom stereocenters. The van der Waals surface area contributed by atoms with Gasteiger partial charge in [0.1, 0.15) is 12.1 Å². The number of carbonyl (C=O) groups excluding carboxylic acids is 2. The molecule has 4 aromatic rings. The first-order chi connectivity index (χ1) is 13.6. The Morgan fingerprint density at radius 3 is 2.89 bits per heavy atom. The normalized spacial score (nSPS) is 10.9. The molecule has 28 heavy (non-hydrogen) atoms. The summed E-state index contributed by atoms with van der Waals surface area (Å²) in [6, 6.07) is 11.4. The van der Waals surface area contributed by atoms with Gasteiger partial charge >= 0.3 is 0 Å². The molecule has 0 aliphatic rings. The third-order valence-corrected chi connectivity index (χ3v) is 5.76. The highest BCUT2D eigenvalue weighted by molar-refractivity contribution is 7.17. The number of carbonyl (C=O) groups is 2. The van der Waals surface area contributed by atoms with Gasteiger partial charge in [-0.05, 0) is 24.3 Å². The molecule has 1 aromatic carbocycles. The van der Waals surface area contributed by atoms with E-state index in [4.69, 9.17) is 0 Å². The molecule has 2 amide bonds. The summed E-state index contributed by atoms with van der Waals surface area (Å²) >= 11 is 2.92. The molecule has 8 nitrogen and oxygen atoms in total. The topological polar surface area (TPSA) is 102 Å². The molecule has 0 bridgehead atoms. The van der Waals surface area contributed by atoms with Crippen LogP contribution in [0.3, 0.4) is 0 Å². The Morgan fingerprint density at radius 1 is 1.18 bits per heavy atom. The maximum Gasteiger partial charge on any atom is 0.247 e. The lowest BCUT2D eigenvalue weighted by Crippen LogP contribution is -2.19. The molecule has 0 aliphatic heterocycles. The van der Waals surface area contributed by atoms with E-state index in [1.165, 1.54) is 18.3 Å². The number of fused-ring (bicyclic) bond motifs is 1. The molecular weight excluding hydrogens is 396 g/mol. The van der Waals surface area contributed by atoms with Crippen LogP contribution in [-0.2, 0) is 22.7 Å². The maximum atomic E-state index is 12.4. The largest absolute Gasteiger partial charge is 0.351 e. The molecule has 2 N–H and O–H groups in total. The van der Waals surface area contributed by atoms with Crippen molar-refractivity contribution in [2.75, 3.05) is 5.32 Å². The van der Waals surface area contributed by atoms with Crippen molar-refractivity contribution >= 4 is 50.7 Å². The highest BCUT2D eigenvalue weighted by Gasteiger charge is 2.12. The van der Waals surface area contributed by atoms with Crippen LogP contribution in [0.4, 0.5) is 5.13 Å². The minimum Gasteiger partial charge on any atom is -0.351 e. The Bertz CT molecular complexity index is 1150. The van der Waals surface area contributed by atoms with Crippen LogP contribution in [0.1, 0.15) is 11.8 Å². The van der Waals surface area contributed by atoms with Crippen molar-refractivity contribution in [2.24, 2.45) is 0 Å². The Labute approximate surface area is 168 Å². The zero-order chi connectivity index (χ0) is 19.5. The molecule has 0 saturated heterocycles. The second-order valence-corrected chi connectivity index (χ2v) is 8.02. The molecule has 0 fully saturated rings. The lowest BCUT2D eigenvalue weighted by molar-refractivity contribution is -0.119. The number of aromatic nitrogens is 4. The van der Waals surface area contributed by atoms with Gasteiger partial charge in [0.05, 0.1) is 22.6 Å². The number of thiazole rings is 1. The Hall–Kier alpha value is -3.11. The average Bonchev–Trinajstić information content (AvgIpc) is 3.40. The van der Waals surface area contributed by atoms with Gasteiger partial charge in [0.15, 0.2) is 5.13 Å². The van der Waals surface area contributed by atoms with Crippen LogP contribution in [0.15, 0.2) is 41.8 Å². The molecule has 0 radical (unpaired) electrons.